The van der Waals surface area contributed by atoms with E-state index in [0.29, 0.717) is 5.70 Å². The average Bonchev–Trinajstić information content (AvgIpc) is 3.12. The summed E-state index contributed by atoms with van der Waals surface area (Å²) in [5.41, 5.74) is 0.236. The van der Waals surface area contributed by atoms with Crippen LogP contribution in [0, 0.1) is 5.82 Å². The minimum Gasteiger partial charge on any atom is -0.494 e. The lowest BCUT2D eigenvalue weighted by molar-refractivity contribution is 0.0962. The van der Waals surface area contributed by atoms with Crippen LogP contribution in [0.2, 0.25) is 0 Å². The predicted molar refractivity (Wildman–Crippen MR) is 93.7 cm³/mol. The van der Waals surface area contributed by atoms with Crippen LogP contribution in [0.4, 0.5) is 14.5 Å². The lowest BCUT2D eigenvalue weighted by Gasteiger charge is -2.12. The molecular formula is C18H16F2N4O3. The topological polar surface area (TPSA) is 96.1 Å². The molecule has 0 spiro atoms. The number of H-pyrrole nitrogens is 1. The Hall–Kier alpha value is -3.49. The number of carbonyl (C=O) groups excluding carboxylic acids is 2. The summed E-state index contributed by atoms with van der Waals surface area (Å²) in [4.78, 5) is 24.7. The first kappa shape index (κ1) is 18.3. The van der Waals surface area contributed by atoms with Crippen LogP contribution in [0.25, 0.3) is 0 Å². The van der Waals surface area contributed by atoms with Gasteiger partial charge in [-0.1, -0.05) is 12.1 Å². The predicted octanol–water partition coefficient (Wildman–Crippen LogP) is 2.72. The molecule has 140 valence electrons. The van der Waals surface area contributed by atoms with Gasteiger partial charge in [0.1, 0.15) is 11.9 Å². The van der Waals surface area contributed by atoms with Gasteiger partial charge in [0.15, 0.2) is 11.6 Å². The van der Waals surface area contributed by atoms with E-state index in [1.54, 1.807) is 6.08 Å². The van der Waals surface area contributed by atoms with Crippen LogP contribution in [-0.4, -0.2) is 35.3 Å². The van der Waals surface area contributed by atoms with Gasteiger partial charge in [0.2, 0.25) is 0 Å². The largest absolute Gasteiger partial charge is 0.494 e. The summed E-state index contributed by atoms with van der Waals surface area (Å²) in [5.74, 6) is -2.23. The number of carbonyl (C=O) groups is 2. The molecule has 3 N–H and O–H groups in total. The molecule has 2 amide bonds. The van der Waals surface area contributed by atoms with Gasteiger partial charge in [-0.2, -0.15) is 5.10 Å². The number of nitrogens with one attached hydrogen (secondary N) is 3. The molecule has 9 heteroatoms. The highest BCUT2D eigenvalue weighted by atomic mass is 19.1. The molecular weight excluding hydrogens is 358 g/mol. The van der Waals surface area contributed by atoms with Crippen LogP contribution in [0.15, 0.2) is 48.3 Å². The van der Waals surface area contributed by atoms with Crippen LogP contribution < -0.4 is 15.4 Å². The molecule has 3 rings (SSSR count). The fraction of sp³-hybridized carbons (Fsp3) is 0.167. The smallest absolute Gasteiger partial charge is 0.275 e. The molecule has 0 saturated carbocycles. The van der Waals surface area contributed by atoms with Gasteiger partial charge in [-0.3, -0.25) is 14.7 Å². The molecule has 1 aliphatic rings. The molecule has 1 aliphatic carbocycles. The zero-order valence-corrected chi connectivity index (χ0v) is 14.3. The molecule has 1 atom stereocenters. The van der Waals surface area contributed by atoms with Crippen molar-refractivity contribution in [1.82, 2.24) is 15.5 Å². The summed E-state index contributed by atoms with van der Waals surface area (Å²) in [6.07, 6.45) is 4.64. The number of aromatic amines is 1. The van der Waals surface area contributed by atoms with E-state index in [4.69, 9.17) is 4.74 Å². The Morgan fingerprint density at radius 2 is 2.11 bits per heavy atom. The van der Waals surface area contributed by atoms with Crippen molar-refractivity contribution in [3.05, 3.63) is 65.4 Å². The highest BCUT2D eigenvalue weighted by molar-refractivity contribution is 6.08. The number of amides is 2. The van der Waals surface area contributed by atoms with Crippen LogP contribution in [0.1, 0.15) is 27.3 Å². The normalized spacial score (nSPS) is 15.8. The molecule has 0 fully saturated rings. The van der Waals surface area contributed by atoms with Gasteiger partial charge in [0.25, 0.3) is 11.8 Å². The summed E-state index contributed by atoms with van der Waals surface area (Å²) in [6, 6.07) is 4.15. The van der Waals surface area contributed by atoms with Crippen LogP contribution in [0.3, 0.4) is 0 Å². The maximum atomic E-state index is 14.2. The first-order valence-corrected chi connectivity index (χ1v) is 8.00. The Kier molecular flexibility index (Phi) is 5.30. The van der Waals surface area contributed by atoms with E-state index in [-0.39, 0.29) is 29.1 Å². The van der Waals surface area contributed by atoms with Crippen LogP contribution in [0.5, 0.6) is 5.75 Å². The summed E-state index contributed by atoms with van der Waals surface area (Å²) in [5, 5.41) is 11.2. The standard InChI is InChI=1S/C18H16F2N4O3/c1-27-14-4-2-3-12(15(14)20)17(25)23-13-9-21-24-16(13)18(26)22-11-7-5-10(19)6-8-11/h2-5,7-10H,6H2,1H3,(H,21,24)(H,22,26)(H,23,25). The Morgan fingerprint density at radius 3 is 2.81 bits per heavy atom. The summed E-state index contributed by atoms with van der Waals surface area (Å²) < 4.78 is 32.1. The average molecular weight is 374 g/mol. The zero-order valence-electron chi connectivity index (χ0n) is 14.3. The van der Waals surface area contributed by atoms with E-state index in [2.05, 4.69) is 20.8 Å². The quantitative estimate of drug-likeness (QED) is 0.750. The number of ether oxygens (including phenoxy) is 1. The van der Waals surface area contributed by atoms with E-state index in [9.17, 15) is 18.4 Å². The molecule has 0 saturated heterocycles. The Morgan fingerprint density at radius 1 is 1.30 bits per heavy atom. The summed E-state index contributed by atoms with van der Waals surface area (Å²) >= 11 is 0. The molecule has 7 nitrogen and oxygen atoms in total. The Labute approximate surface area is 153 Å². The second-order valence-electron chi connectivity index (χ2n) is 5.66. The highest BCUT2D eigenvalue weighted by Crippen LogP contribution is 2.22. The lowest BCUT2D eigenvalue weighted by Crippen LogP contribution is -2.25. The van der Waals surface area contributed by atoms with E-state index < -0.39 is 23.8 Å². The van der Waals surface area contributed by atoms with Crippen molar-refractivity contribution in [3.8, 4) is 5.75 Å². The Balaban J connectivity index is 1.74. The first-order valence-electron chi connectivity index (χ1n) is 8.00. The number of anilines is 1. The van der Waals surface area contributed by atoms with Crippen molar-refractivity contribution in [1.29, 1.82) is 0 Å². The molecule has 0 aliphatic heterocycles. The minimum atomic E-state index is -1.08. The second kappa shape index (κ2) is 7.81. The maximum absolute atomic E-state index is 14.2. The van der Waals surface area contributed by atoms with E-state index >= 15 is 0 Å². The minimum absolute atomic E-state index is 0.0247. The molecule has 1 aromatic carbocycles. The van der Waals surface area contributed by atoms with Gasteiger partial charge in [0.05, 0.1) is 24.6 Å². The third-order valence-electron chi connectivity index (χ3n) is 3.85. The molecule has 27 heavy (non-hydrogen) atoms. The summed E-state index contributed by atoms with van der Waals surface area (Å²) in [6.45, 7) is 0. The third kappa shape index (κ3) is 4.02. The second-order valence-corrected chi connectivity index (χ2v) is 5.66. The van der Waals surface area contributed by atoms with Gasteiger partial charge in [0, 0.05) is 12.1 Å². The number of aromatic nitrogens is 2. The fourth-order valence-electron chi connectivity index (χ4n) is 2.47. The SMILES string of the molecule is COc1cccc(C(=O)Nc2cn[nH]c2C(=O)NC2=CCC(F)C=C2)c1F. The van der Waals surface area contributed by atoms with Crippen molar-refractivity contribution < 1.29 is 23.1 Å². The first-order chi connectivity index (χ1) is 13.0. The highest BCUT2D eigenvalue weighted by Gasteiger charge is 2.20. The van der Waals surface area contributed by atoms with Crippen molar-refractivity contribution in [2.75, 3.05) is 12.4 Å². The molecule has 1 aromatic heterocycles. The number of alkyl halides is 1. The number of methoxy groups -OCH3 is 1. The van der Waals surface area contributed by atoms with Crippen LogP contribution >= 0.6 is 0 Å². The van der Waals surface area contributed by atoms with Crippen molar-refractivity contribution in [2.24, 2.45) is 0 Å². The van der Waals surface area contributed by atoms with Gasteiger partial charge < -0.3 is 15.4 Å². The third-order valence-corrected chi connectivity index (χ3v) is 3.85. The summed E-state index contributed by atoms with van der Waals surface area (Å²) in [7, 11) is 1.29. The zero-order chi connectivity index (χ0) is 19.4. The monoisotopic (exact) mass is 374 g/mol. The molecule has 1 heterocycles. The van der Waals surface area contributed by atoms with E-state index in [0.717, 1.165) is 0 Å². The molecule has 0 bridgehead atoms. The fourth-order valence-corrected chi connectivity index (χ4v) is 2.47. The number of nitrogens with zero attached hydrogens (tertiary/aromatic N) is 1. The van der Waals surface area contributed by atoms with E-state index in [1.165, 1.54) is 43.7 Å². The van der Waals surface area contributed by atoms with Gasteiger partial charge in [-0.25, -0.2) is 8.78 Å². The number of hydrogen-bond acceptors (Lipinski definition) is 4. The molecule has 1 unspecified atom stereocenters. The molecule has 0 radical (unpaired) electrons. The van der Waals surface area contributed by atoms with Gasteiger partial charge in [-0.05, 0) is 24.3 Å². The maximum Gasteiger partial charge on any atom is 0.275 e. The lowest BCUT2D eigenvalue weighted by atomic mass is 10.1. The van der Waals surface area contributed by atoms with Gasteiger partial charge in [-0.15, -0.1) is 0 Å². The van der Waals surface area contributed by atoms with Crippen molar-refractivity contribution in [2.45, 2.75) is 12.6 Å². The van der Waals surface area contributed by atoms with E-state index in [1.807, 2.05) is 0 Å². The molecule has 2 aromatic rings. The number of allylic oxidation sites excluding steroid dienone is 3. The Bertz CT molecular complexity index is 936. The number of hydrogen-bond donors (Lipinski definition) is 3. The van der Waals surface area contributed by atoms with Gasteiger partial charge >= 0.3 is 0 Å². The van der Waals surface area contributed by atoms with Crippen molar-refractivity contribution in [3.63, 3.8) is 0 Å². The number of benzene rings is 1. The number of halogens is 2. The van der Waals surface area contributed by atoms with Crippen LogP contribution in [-0.2, 0) is 0 Å². The van der Waals surface area contributed by atoms with Crippen molar-refractivity contribution >= 4 is 17.5 Å². The number of rotatable bonds is 5.